The van der Waals surface area contributed by atoms with E-state index in [1.807, 2.05) is 6.92 Å². The van der Waals surface area contributed by atoms with E-state index < -0.39 is 22.7 Å². The second-order valence-corrected chi connectivity index (χ2v) is 8.21. The smallest absolute Gasteiger partial charge is 0.301 e. The zero-order valence-corrected chi connectivity index (χ0v) is 17.4. The molecule has 4 rings (SSSR count). The number of ketones is 1. The van der Waals surface area contributed by atoms with E-state index in [0.717, 1.165) is 4.88 Å². The molecular weight excluding hydrogens is 418 g/mol. The van der Waals surface area contributed by atoms with Crippen LogP contribution >= 0.6 is 11.3 Å². The molecule has 1 aliphatic heterocycles. The van der Waals surface area contributed by atoms with Crippen LogP contribution in [0.5, 0.6) is 0 Å². The van der Waals surface area contributed by atoms with Gasteiger partial charge in [-0.15, -0.1) is 11.3 Å². The van der Waals surface area contributed by atoms with Crippen LogP contribution in [0.15, 0.2) is 60.2 Å². The molecule has 2 aromatic carbocycles. The molecule has 3 aromatic rings. The second-order valence-electron chi connectivity index (χ2n) is 7.03. The first-order valence-electron chi connectivity index (χ1n) is 9.34. The molecule has 1 N–H and O–H groups in total. The number of carbonyl (C=O) groups is 2. The summed E-state index contributed by atoms with van der Waals surface area (Å²) < 4.78 is 0. The maximum Gasteiger partial charge on any atom is 0.301 e. The van der Waals surface area contributed by atoms with Crippen molar-refractivity contribution in [3.63, 3.8) is 0 Å². The Morgan fingerprint density at radius 1 is 1.13 bits per heavy atom. The summed E-state index contributed by atoms with van der Waals surface area (Å²) in [4.78, 5) is 43.3. The Morgan fingerprint density at radius 3 is 2.45 bits per heavy atom. The molecule has 8 nitrogen and oxygen atoms in total. The molecule has 1 aliphatic rings. The van der Waals surface area contributed by atoms with Crippen molar-refractivity contribution in [2.24, 2.45) is 0 Å². The van der Waals surface area contributed by atoms with E-state index in [4.69, 9.17) is 0 Å². The molecule has 0 radical (unpaired) electrons. The maximum atomic E-state index is 13.0. The van der Waals surface area contributed by atoms with Gasteiger partial charge in [-0.05, 0) is 19.4 Å². The van der Waals surface area contributed by atoms with Crippen LogP contribution in [-0.4, -0.2) is 26.7 Å². The number of amides is 1. The number of thiazole rings is 1. The lowest BCUT2D eigenvalue weighted by molar-refractivity contribution is -0.384. The molecule has 1 aromatic heterocycles. The summed E-state index contributed by atoms with van der Waals surface area (Å²) in [5.74, 6) is -2.06. The van der Waals surface area contributed by atoms with E-state index in [-0.39, 0.29) is 17.0 Å². The zero-order chi connectivity index (χ0) is 22.3. The molecule has 1 fully saturated rings. The quantitative estimate of drug-likeness (QED) is 0.215. The number of aliphatic hydroxyl groups is 1. The van der Waals surface area contributed by atoms with Crippen molar-refractivity contribution in [1.82, 2.24) is 4.98 Å². The maximum absolute atomic E-state index is 13.0. The second kappa shape index (κ2) is 7.77. The zero-order valence-electron chi connectivity index (χ0n) is 16.6. The summed E-state index contributed by atoms with van der Waals surface area (Å²) in [6.07, 6.45) is 0. The van der Waals surface area contributed by atoms with Crippen molar-refractivity contribution >= 4 is 39.6 Å². The van der Waals surface area contributed by atoms with Gasteiger partial charge in [0.2, 0.25) is 0 Å². The summed E-state index contributed by atoms with van der Waals surface area (Å²) in [7, 11) is 0. The minimum Gasteiger partial charge on any atom is -0.507 e. The lowest BCUT2D eigenvalue weighted by atomic mass is 9.95. The average Bonchev–Trinajstić information content (AvgIpc) is 3.23. The number of anilines is 1. The first kappa shape index (κ1) is 20.4. The Labute approximate surface area is 181 Å². The van der Waals surface area contributed by atoms with Crippen LogP contribution in [0.2, 0.25) is 0 Å². The normalized spacial score (nSPS) is 17.9. The van der Waals surface area contributed by atoms with Crippen LogP contribution in [0.25, 0.3) is 5.76 Å². The number of non-ortho nitro benzene ring substituents is 1. The van der Waals surface area contributed by atoms with E-state index in [0.29, 0.717) is 22.0 Å². The fourth-order valence-corrected chi connectivity index (χ4v) is 4.40. The van der Waals surface area contributed by atoms with Crippen molar-refractivity contribution in [3.8, 4) is 0 Å². The number of hydrogen-bond acceptors (Lipinski definition) is 7. The monoisotopic (exact) mass is 435 g/mol. The number of aliphatic hydroxyl groups excluding tert-OH is 1. The summed E-state index contributed by atoms with van der Waals surface area (Å²) in [6.45, 7) is 3.64. The van der Waals surface area contributed by atoms with Crippen molar-refractivity contribution in [2.75, 3.05) is 4.90 Å². The molecule has 31 heavy (non-hydrogen) atoms. The first-order valence-corrected chi connectivity index (χ1v) is 10.2. The third kappa shape index (κ3) is 3.49. The van der Waals surface area contributed by atoms with Crippen molar-refractivity contribution in [1.29, 1.82) is 0 Å². The first-order chi connectivity index (χ1) is 14.8. The molecule has 0 spiro atoms. The topological polar surface area (TPSA) is 114 Å². The van der Waals surface area contributed by atoms with E-state index in [9.17, 15) is 24.8 Å². The third-order valence-electron chi connectivity index (χ3n) is 5.11. The van der Waals surface area contributed by atoms with Gasteiger partial charge in [0.25, 0.3) is 11.5 Å². The van der Waals surface area contributed by atoms with Gasteiger partial charge in [0.05, 0.1) is 22.2 Å². The van der Waals surface area contributed by atoms with Crippen LogP contribution in [0, 0.1) is 24.0 Å². The van der Waals surface area contributed by atoms with Gasteiger partial charge in [-0.3, -0.25) is 24.6 Å². The highest BCUT2D eigenvalue weighted by Crippen LogP contribution is 2.44. The third-order valence-corrected chi connectivity index (χ3v) is 6.18. The van der Waals surface area contributed by atoms with Gasteiger partial charge in [0.15, 0.2) is 5.13 Å². The summed E-state index contributed by atoms with van der Waals surface area (Å²) in [5.41, 5.74) is 1.08. The summed E-state index contributed by atoms with van der Waals surface area (Å²) >= 11 is 1.24. The Kier molecular flexibility index (Phi) is 5.12. The van der Waals surface area contributed by atoms with Gasteiger partial charge in [0, 0.05) is 22.6 Å². The Bertz CT molecular complexity index is 1230. The van der Waals surface area contributed by atoms with Gasteiger partial charge in [-0.1, -0.05) is 42.5 Å². The van der Waals surface area contributed by atoms with Gasteiger partial charge >= 0.3 is 5.91 Å². The number of aromatic nitrogens is 1. The van der Waals surface area contributed by atoms with Gasteiger partial charge in [0.1, 0.15) is 5.76 Å². The predicted molar refractivity (Wildman–Crippen MR) is 116 cm³/mol. The number of carbonyl (C=O) groups excluding carboxylic acids is 2. The van der Waals surface area contributed by atoms with Gasteiger partial charge < -0.3 is 5.11 Å². The Balaban J connectivity index is 1.98. The predicted octanol–water partition coefficient (Wildman–Crippen LogP) is 4.29. The lowest BCUT2D eigenvalue weighted by Gasteiger charge is -2.22. The van der Waals surface area contributed by atoms with Gasteiger partial charge in [-0.2, -0.15) is 0 Å². The van der Waals surface area contributed by atoms with Crippen LogP contribution in [0.1, 0.15) is 27.7 Å². The number of aryl methyl sites for hydroxylation is 2. The number of benzene rings is 2. The van der Waals surface area contributed by atoms with E-state index in [1.165, 1.54) is 34.4 Å². The highest BCUT2D eigenvalue weighted by atomic mass is 32.1. The number of nitro groups is 1. The SMILES string of the molecule is Cc1nc(N2C(=O)C(=O)/C(=C(/O)c3ccccc3)[C@@H]2c2cccc([N+](=O)[O-])c2)sc1C. The van der Waals surface area contributed by atoms with E-state index >= 15 is 0 Å². The van der Waals surface area contributed by atoms with E-state index in [2.05, 4.69) is 4.98 Å². The van der Waals surface area contributed by atoms with Crippen LogP contribution in [0.4, 0.5) is 10.8 Å². The number of hydrogen-bond donors (Lipinski definition) is 1. The van der Waals surface area contributed by atoms with Crippen LogP contribution < -0.4 is 4.90 Å². The Morgan fingerprint density at radius 2 is 1.84 bits per heavy atom. The molecule has 0 unspecified atom stereocenters. The summed E-state index contributed by atoms with van der Waals surface area (Å²) in [5, 5.41) is 22.6. The van der Waals surface area contributed by atoms with Crippen LogP contribution in [-0.2, 0) is 9.59 Å². The molecule has 156 valence electrons. The molecule has 0 saturated carbocycles. The highest BCUT2D eigenvalue weighted by Gasteiger charge is 2.48. The van der Waals surface area contributed by atoms with Gasteiger partial charge in [-0.25, -0.2) is 4.98 Å². The minimum atomic E-state index is -1.05. The average molecular weight is 435 g/mol. The van der Waals surface area contributed by atoms with Crippen molar-refractivity contribution in [3.05, 3.63) is 92.0 Å². The largest absolute Gasteiger partial charge is 0.507 e. The van der Waals surface area contributed by atoms with E-state index in [1.54, 1.807) is 43.3 Å². The number of nitro benzene ring substituents is 1. The number of rotatable bonds is 4. The highest BCUT2D eigenvalue weighted by molar-refractivity contribution is 7.16. The molecule has 1 saturated heterocycles. The standard InChI is InChI=1S/C22H17N3O5S/c1-12-13(2)31-22(23-12)24-18(15-9-6-10-16(11-15)25(29)30)17(20(27)21(24)28)19(26)14-7-4-3-5-8-14/h3-11,18,26H,1-2H3/b19-17+/t18-/m0/s1. The molecule has 0 bridgehead atoms. The van der Waals surface area contributed by atoms with Crippen molar-refractivity contribution < 1.29 is 19.6 Å². The molecule has 0 aliphatic carbocycles. The number of Topliss-reactive ketones (excluding diaryl/α,β-unsaturated/α-hetero) is 1. The Hall–Kier alpha value is -3.85. The molecule has 1 amide bonds. The molecule has 2 heterocycles. The lowest BCUT2D eigenvalue weighted by Crippen LogP contribution is -2.29. The molecular formula is C22H17N3O5S. The number of nitrogens with zero attached hydrogens (tertiary/aromatic N) is 3. The van der Waals surface area contributed by atoms with Crippen LogP contribution in [0.3, 0.4) is 0 Å². The fraction of sp³-hybridized carbons (Fsp3) is 0.136. The fourth-order valence-electron chi connectivity index (χ4n) is 3.46. The molecule has 1 atom stereocenters. The minimum absolute atomic E-state index is 0.137. The molecule has 9 heteroatoms. The summed E-state index contributed by atoms with van der Waals surface area (Å²) in [6, 6.07) is 13.0. The van der Waals surface area contributed by atoms with Crippen molar-refractivity contribution in [2.45, 2.75) is 19.9 Å².